The smallest absolute Gasteiger partial charge is 0.308 e. The van der Waals surface area contributed by atoms with Gasteiger partial charge in [0.1, 0.15) is 0 Å². The molecule has 0 aliphatic carbocycles. The Balaban J connectivity index is 2.40. The van der Waals surface area contributed by atoms with Crippen LogP contribution in [-0.2, 0) is 9.22 Å². The third-order valence-corrected chi connectivity index (χ3v) is 10.2. The molecule has 0 aromatic heterocycles. The number of benzene rings is 2. The summed E-state index contributed by atoms with van der Waals surface area (Å²) < 4.78 is 6.65. The molecule has 0 saturated heterocycles. The molecule has 4 nitrogen and oxygen atoms in total. The highest BCUT2D eigenvalue weighted by atomic mass is 28.4. The lowest BCUT2D eigenvalue weighted by Gasteiger charge is -2.43. The number of hydrogen-bond donors (Lipinski definition) is 2. The van der Waals surface area contributed by atoms with Gasteiger partial charge in [0.05, 0.1) is 12.0 Å². The minimum absolute atomic E-state index is 0.140. The zero-order valence-corrected chi connectivity index (χ0v) is 17.6. The van der Waals surface area contributed by atoms with E-state index in [1.807, 2.05) is 36.4 Å². The van der Waals surface area contributed by atoms with Gasteiger partial charge in [0.2, 0.25) is 0 Å². The first-order chi connectivity index (χ1) is 12.7. The van der Waals surface area contributed by atoms with Crippen LogP contribution in [0.4, 0.5) is 0 Å². The molecular weight excluding hydrogens is 356 g/mol. The van der Waals surface area contributed by atoms with Crippen molar-refractivity contribution in [2.24, 2.45) is 5.92 Å². The van der Waals surface area contributed by atoms with E-state index in [1.165, 1.54) is 17.3 Å². The second-order valence-electron chi connectivity index (χ2n) is 7.99. The summed E-state index contributed by atoms with van der Waals surface area (Å²) in [4.78, 5) is 11.1. The van der Waals surface area contributed by atoms with E-state index in [2.05, 4.69) is 45.0 Å². The molecule has 2 aromatic carbocycles. The fourth-order valence-corrected chi connectivity index (χ4v) is 8.09. The van der Waals surface area contributed by atoms with Crippen LogP contribution >= 0.6 is 0 Å². The predicted molar refractivity (Wildman–Crippen MR) is 111 cm³/mol. The quantitative estimate of drug-likeness (QED) is 0.685. The maximum absolute atomic E-state index is 11.1. The van der Waals surface area contributed by atoms with E-state index < -0.39 is 26.3 Å². The second kappa shape index (κ2) is 8.82. The molecule has 2 atom stereocenters. The topological polar surface area (TPSA) is 66.8 Å². The highest BCUT2D eigenvalue weighted by Crippen LogP contribution is 2.36. The zero-order chi connectivity index (χ0) is 20.1. The average molecular weight is 387 g/mol. The standard InChI is InChI=1S/C22H30O4Si/c1-17(21(24)25)20(23)15-16-26-27(22(2,3)4,18-11-7-5-8-12-18)19-13-9-6-10-14-19/h5-14,17,20,23H,15-16H2,1-4H3,(H,24,25)/t17-,20+/m0/s1. The van der Waals surface area contributed by atoms with Gasteiger partial charge in [-0.15, -0.1) is 0 Å². The Kier molecular flexibility index (Phi) is 6.98. The van der Waals surface area contributed by atoms with Crippen molar-refractivity contribution in [1.82, 2.24) is 0 Å². The summed E-state index contributed by atoms with van der Waals surface area (Å²) in [5, 5.41) is 21.5. The van der Waals surface area contributed by atoms with Gasteiger partial charge in [0, 0.05) is 6.61 Å². The number of aliphatic hydroxyl groups excluding tert-OH is 1. The van der Waals surface area contributed by atoms with E-state index >= 15 is 0 Å². The van der Waals surface area contributed by atoms with Crippen molar-refractivity contribution in [3.05, 3.63) is 60.7 Å². The summed E-state index contributed by atoms with van der Waals surface area (Å²) in [6, 6.07) is 20.5. The van der Waals surface area contributed by atoms with Crippen LogP contribution < -0.4 is 10.4 Å². The summed E-state index contributed by atoms with van der Waals surface area (Å²) in [5.74, 6) is -1.80. The van der Waals surface area contributed by atoms with Gasteiger partial charge in [0.25, 0.3) is 8.32 Å². The molecule has 0 bridgehead atoms. The molecule has 0 aliphatic rings. The van der Waals surface area contributed by atoms with Crippen LogP contribution in [-0.4, -0.2) is 37.2 Å². The first-order valence-electron chi connectivity index (χ1n) is 9.36. The van der Waals surface area contributed by atoms with E-state index in [-0.39, 0.29) is 11.5 Å². The normalized spacial score (nSPS) is 14.6. The molecule has 0 fully saturated rings. The Morgan fingerprint density at radius 3 is 1.81 bits per heavy atom. The van der Waals surface area contributed by atoms with Gasteiger partial charge >= 0.3 is 5.97 Å². The van der Waals surface area contributed by atoms with Crippen molar-refractivity contribution >= 4 is 24.7 Å². The molecule has 0 heterocycles. The molecule has 0 spiro atoms. The van der Waals surface area contributed by atoms with Crippen LogP contribution in [0.2, 0.25) is 5.04 Å². The number of aliphatic carboxylic acids is 1. The first kappa shape index (κ1) is 21.3. The lowest BCUT2D eigenvalue weighted by atomic mass is 10.0. The highest BCUT2D eigenvalue weighted by Gasteiger charge is 2.50. The number of aliphatic hydroxyl groups is 1. The van der Waals surface area contributed by atoms with Crippen molar-refractivity contribution in [2.45, 2.75) is 45.3 Å². The third-order valence-electron chi connectivity index (χ3n) is 5.12. The fourth-order valence-electron chi connectivity index (χ4n) is 3.51. The van der Waals surface area contributed by atoms with Crippen LogP contribution in [0.15, 0.2) is 60.7 Å². The minimum atomic E-state index is -2.64. The SMILES string of the molecule is C[C@H](C(=O)O)[C@H](O)CCO[Si](c1ccccc1)(c1ccccc1)C(C)(C)C. The molecule has 2 N–H and O–H groups in total. The Bertz CT molecular complexity index is 685. The molecule has 0 aliphatic heterocycles. The second-order valence-corrected chi connectivity index (χ2v) is 12.3. The van der Waals surface area contributed by atoms with Crippen LogP contribution in [0.1, 0.15) is 34.1 Å². The summed E-state index contributed by atoms with van der Waals surface area (Å²) >= 11 is 0. The summed E-state index contributed by atoms with van der Waals surface area (Å²) in [6.07, 6.45) is -0.640. The van der Waals surface area contributed by atoms with E-state index in [0.29, 0.717) is 6.61 Å². The van der Waals surface area contributed by atoms with Gasteiger partial charge in [-0.3, -0.25) is 4.79 Å². The zero-order valence-electron chi connectivity index (χ0n) is 16.6. The van der Waals surface area contributed by atoms with Gasteiger partial charge < -0.3 is 14.6 Å². The van der Waals surface area contributed by atoms with Crippen molar-refractivity contribution < 1.29 is 19.4 Å². The number of rotatable bonds is 8. The average Bonchev–Trinajstić information content (AvgIpc) is 2.64. The Hall–Kier alpha value is -1.95. The minimum Gasteiger partial charge on any atom is -0.481 e. The predicted octanol–water partition coefficient (Wildman–Crippen LogP) is 3.03. The van der Waals surface area contributed by atoms with Gasteiger partial charge in [-0.25, -0.2) is 0 Å². The lowest BCUT2D eigenvalue weighted by molar-refractivity contribution is -0.145. The van der Waals surface area contributed by atoms with E-state index in [1.54, 1.807) is 0 Å². The van der Waals surface area contributed by atoms with Gasteiger partial charge in [-0.1, -0.05) is 81.4 Å². The van der Waals surface area contributed by atoms with Gasteiger partial charge in [-0.2, -0.15) is 0 Å². The van der Waals surface area contributed by atoms with Crippen LogP contribution in [0.3, 0.4) is 0 Å². The maximum Gasteiger partial charge on any atom is 0.308 e. The fraction of sp³-hybridized carbons (Fsp3) is 0.409. The molecule has 5 heteroatoms. The molecule has 0 amide bonds. The van der Waals surface area contributed by atoms with Crippen LogP contribution in [0.5, 0.6) is 0 Å². The van der Waals surface area contributed by atoms with Crippen molar-refractivity contribution in [1.29, 1.82) is 0 Å². The summed E-state index contributed by atoms with van der Waals surface area (Å²) in [6.45, 7) is 8.41. The monoisotopic (exact) mass is 386 g/mol. The highest BCUT2D eigenvalue weighted by molar-refractivity contribution is 6.99. The molecule has 2 aromatic rings. The van der Waals surface area contributed by atoms with Crippen molar-refractivity contribution in [3.8, 4) is 0 Å². The molecular formula is C22H30O4Si. The molecule has 2 rings (SSSR count). The van der Waals surface area contributed by atoms with Gasteiger partial charge in [0.15, 0.2) is 0 Å². The largest absolute Gasteiger partial charge is 0.481 e. The maximum atomic E-state index is 11.1. The number of hydrogen-bond acceptors (Lipinski definition) is 3. The first-order valence-corrected chi connectivity index (χ1v) is 11.3. The molecule has 0 radical (unpaired) electrons. The number of carbonyl (C=O) groups is 1. The Morgan fingerprint density at radius 1 is 1.00 bits per heavy atom. The molecule has 146 valence electrons. The summed E-state index contributed by atoms with van der Waals surface area (Å²) in [5.41, 5.74) is 0. The molecule has 0 unspecified atom stereocenters. The van der Waals surface area contributed by atoms with Crippen molar-refractivity contribution in [2.75, 3.05) is 6.61 Å². The molecule has 0 saturated carbocycles. The number of carboxylic acids is 1. The van der Waals surface area contributed by atoms with Crippen LogP contribution in [0.25, 0.3) is 0 Å². The van der Waals surface area contributed by atoms with E-state index in [4.69, 9.17) is 9.53 Å². The van der Waals surface area contributed by atoms with E-state index in [0.717, 1.165) is 0 Å². The van der Waals surface area contributed by atoms with E-state index in [9.17, 15) is 9.90 Å². The lowest BCUT2D eigenvalue weighted by Crippen LogP contribution is -2.66. The summed E-state index contributed by atoms with van der Waals surface area (Å²) in [7, 11) is -2.64. The Labute approximate surface area is 163 Å². The third kappa shape index (κ3) is 4.67. The van der Waals surface area contributed by atoms with Gasteiger partial charge in [-0.05, 0) is 28.8 Å². The van der Waals surface area contributed by atoms with Crippen LogP contribution in [0, 0.1) is 5.92 Å². The molecule has 27 heavy (non-hydrogen) atoms. The van der Waals surface area contributed by atoms with Crippen molar-refractivity contribution in [3.63, 3.8) is 0 Å². The number of carboxylic acid groups (broad SMARTS) is 1. The Morgan fingerprint density at radius 2 is 1.44 bits per heavy atom.